The largest absolute Gasteiger partial charge is 0.460 e. The minimum atomic E-state index is -1.88. The summed E-state index contributed by atoms with van der Waals surface area (Å²) in [6.07, 6.45) is -4.10. The van der Waals surface area contributed by atoms with Crippen molar-refractivity contribution < 1.29 is 67.3 Å². The first-order valence-corrected chi connectivity index (χ1v) is 20.2. The van der Waals surface area contributed by atoms with Crippen molar-refractivity contribution in [2.45, 2.75) is 147 Å². The van der Waals surface area contributed by atoms with Gasteiger partial charge in [-0.3, -0.25) is 19.2 Å². The second kappa shape index (κ2) is 11.0. The lowest BCUT2D eigenvalue weighted by molar-refractivity contribution is -0.285. The molecule has 0 bridgehead atoms. The molecule has 3 heterocycles. The molecule has 0 radical (unpaired) electrons. The fraction of sp³-hybridized carbons (Fsp3) is 0.875. The molecule has 0 amide bonds. The third-order valence-electron chi connectivity index (χ3n) is 17.1. The summed E-state index contributed by atoms with van der Waals surface area (Å²) in [7, 11) is 0. The van der Waals surface area contributed by atoms with Crippen LogP contribution < -0.4 is 5.73 Å². The Balaban J connectivity index is 1.20. The van der Waals surface area contributed by atoms with Gasteiger partial charge in [0.1, 0.15) is 30.5 Å². The van der Waals surface area contributed by atoms with Crippen LogP contribution in [0.25, 0.3) is 0 Å². The highest BCUT2D eigenvalue weighted by atomic mass is 16.8. The number of hydrogen-bond acceptors (Lipinski definition) is 15. The monoisotopic (exact) mass is 771 g/mol. The first-order chi connectivity index (χ1) is 25.8. The molecule has 15 heteroatoms. The van der Waals surface area contributed by atoms with Crippen molar-refractivity contribution in [3.05, 3.63) is 0 Å². The molecule has 4 N–H and O–H groups in total. The van der Waals surface area contributed by atoms with E-state index in [0.29, 0.717) is 32.1 Å². The lowest BCUT2D eigenvalue weighted by Gasteiger charge is -2.67. The number of rotatable bonds is 6. The summed E-state index contributed by atoms with van der Waals surface area (Å²) in [5, 5.41) is 25.6. The summed E-state index contributed by atoms with van der Waals surface area (Å²) >= 11 is 0. The SMILES string of the molecule is CC(=O)O[C@H]1C2C([C@@H](OC(=O)C3CC3)[C@@H](N)[C@H]3C[C@@H]4O[C@@H]4[C@H](O)[C@]23C)[C@@H]2[C@@H](O)[C@@H]3[C@H]([C@H](C)[C@H]4O[C@]45OC(=O)[C@@](C)(OC(=O)C4CC4)[C@]35C)[C@@]2(C)[C@H]1OC(C)=O. The predicted molar refractivity (Wildman–Crippen MR) is 182 cm³/mol. The van der Waals surface area contributed by atoms with Crippen LogP contribution in [0.4, 0.5) is 0 Å². The highest BCUT2D eigenvalue weighted by molar-refractivity contribution is 5.88. The van der Waals surface area contributed by atoms with Crippen LogP contribution in [0.2, 0.25) is 0 Å². The lowest BCUT2D eigenvalue weighted by Crippen LogP contribution is -2.76. The molecule has 0 aromatic heterocycles. The molecule has 55 heavy (non-hydrogen) atoms. The van der Waals surface area contributed by atoms with E-state index >= 15 is 0 Å². The number of fused-ring (bicyclic) bond motifs is 9. The number of nitrogens with two attached hydrogens (primary N) is 1. The molecule has 10 fully saturated rings. The van der Waals surface area contributed by atoms with Crippen LogP contribution in [0.15, 0.2) is 0 Å². The molecular weight excluding hydrogens is 718 g/mol. The number of hydrogen-bond donors (Lipinski definition) is 3. The minimum Gasteiger partial charge on any atom is -0.460 e. The number of aliphatic hydroxyl groups excluding tert-OH is 2. The van der Waals surface area contributed by atoms with Gasteiger partial charge >= 0.3 is 29.8 Å². The van der Waals surface area contributed by atoms with Crippen molar-refractivity contribution in [3.8, 4) is 0 Å². The third-order valence-corrected chi connectivity index (χ3v) is 17.1. The van der Waals surface area contributed by atoms with Gasteiger partial charge in [-0.25, -0.2) is 4.79 Å². The van der Waals surface area contributed by atoms with Crippen molar-refractivity contribution in [2.75, 3.05) is 0 Å². The summed E-state index contributed by atoms with van der Waals surface area (Å²) in [5.74, 6) is -10.1. The summed E-state index contributed by atoms with van der Waals surface area (Å²) in [6.45, 7) is 11.6. The first kappa shape index (κ1) is 36.5. The number of aliphatic hydroxyl groups is 2. The molecule has 0 aromatic rings. The van der Waals surface area contributed by atoms with E-state index in [1.807, 2.05) is 20.8 Å². The zero-order valence-electron chi connectivity index (χ0n) is 32.3. The van der Waals surface area contributed by atoms with Gasteiger partial charge in [0.2, 0.25) is 5.60 Å². The molecule has 3 aliphatic heterocycles. The smallest absolute Gasteiger partial charge is 0.353 e. The molecule has 10 rings (SSSR count). The van der Waals surface area contributed by atoms with Crippen LogP contribution in [0.5, 0.6) is 0 Å². The van der Waals surface area contributed by atoms with E-state index < -0.39 is 148 Å². The molecule has 7 saturated carbocycles. The Morgan fingerprint density at radius 1 is 0.818 bits per heavy atom. The first-order valence-electron chi connectivity index (χ1n) is 20.2. The third kappa shape index (κ3) is 4.27. The van der Waals surface area contributed by atoms with Crippen molar-refractivity contribution in [1.82, 2.24) is 0 Å². The van der Waals surface area contributed by atoms with Crippen molar-refractivity contribution in [2.24, 2.45) is 75.2 Å². The quantitative estimate of drug-likeness (QED) is 0.196. The zero-order chi connectivity index (χ0) is 39.3. The molecule has 21 atom stereocenters. The van der Waals surface area contributed by atoms with Crippen molar-refractivity contribution in [3.63, 3.8) is 0 Å². The van der Waals surface area contributed by atoms with Gasteiger partial charge in [0, 0.05) is 54.4 Å². The standard InChI is InChI=1S/C40H53NO14/c1-13-21-24(38(6)39(7,54-34(47)17-10-11-17)35(48)55-40(38)31(13)53-40)26(44)22-20-23(29(49-14(2)42)32(37(21,22)5)50-15(3)43)36(4)18(12-19-27(51-19)30(36)45)25(41)28(20)52-33(46)16-8-9-16/h13,16-32,44-45H,8-12,41H2,1-7H3/t13-,18+,19-,20?,21-,22+,23?,24-,25-,26+,27-,28+,29-,30-,31+,32-,36-,37+,38-,39+,40-/m0/s1. The van der Waals surface area contributed by atoms with Gasteiger partial charge in [-0.2, -0.15) is 0 Å². The topological polar surface area (TPSA) is 223 Å². The molecule has 302 valence electrons. The van der Waals surface area contributed by atoms with Crippen LogP contribution >= 0.6 is 0 Å². The summed E-state index contributed by atoms with van der Waals surface area (Å²) < 4.78 is 43.9. The Hall–Kier alpha value is -2.85. The molecule has 15 nitrogen and oxygen atoms in total. The fourth-order valence-corrected chi connectivity index (χ4v) is 14.3. The van der Waals surface area contributed by atoms with Crippen LogP contribution in [-0.2, 0) is 57.1 Å². The van der Waals surface area contributed by atoms with Crippen LogP contribution in [-0.4, -0.2) is 106 Å². The van der Waals surface area contributed by atoms with Crippen LogP contribution in [0.1, 0.15) is 80.6 Å². The van der Waals surface area contributed by atoms with E-state index in [1.165, 1.54) is 20.8 Å². The summed E-state index contributed by atoms with van der Waals surface area (Å²) in [4.78, 5) is 67.9. The van der Waals surface area contributed by atoms with Crippen LogP contribution in [0.3, 0.4) is 0 Å². The van der Waals surface area contributed by atoms with E-state index in [1.54, 1.807) is 6.92 Å². The average Bonchev–Trinajstić information content (AvgIpc) is 3.90. The van der Waals surface area contributed by atoms with Crippen LogP contribution in [0, 0.1) is 69.5 Å². The predicted octanol–water partition coefficient (Wildman–Crippen LogP) is 1.16. The van der Waals surface area contributed by atoms with Gasteiger partial charge in [-0.05, 0) is 63.7 Å². The fourth-order valence-electron chi connectivity index (χ4n) is 14.3. The number of carbonyl (C=O) groups is 5. The van der Waals surface area contributed by atoms with Gasteiger partial charge in [-0.15, -0.1) is 0 Å². The van der Waals surface area contributed by atoms with Crippen molar-refractivity contribution in [1.29, 1.82) is 0 Å². The second-order valence-corrected chi connectivity index (χ2v) is 19.6. The highest BCUT2D eigenvalue weighted by Gasteiger charge is 2.94. The van der Waals surface area contributed by atoms with Gasteiger partial charge in [-0.1, -0.05) is 20.8 Å². The number of ether oxygens (including phenoxy) is 7. The lowest BCUT2D eigenvalue weighted by atomic mass is 9.40. The molecular formula is C40H53NO14. The molecule has 0 aromatic carbocycles. The Bertz CT molecular complexity index is 1780. The number of esters is 5. The van der Waals surface area contributed by atoms with Crippen molar-refractivity contribution >= 4 is 29.8 Å². The second-order valence-electron chi connectivity index (χ2n) is 19.6. The molecule has 1 spiro atoms. The molecule has 3 saturated heterocycles. The number of epoxide rings is 2. The average molecular weight is 772 g/mol. The molecule has 7 aliphatic carbocycles. The maximum absolute atomic E-state index is 14.1. The van der Waals surface area contributed by atoms with Gasteiger partial charge in [0.15, 0.2) is 0 Å². The summed E-state index contributed by atoms with van der Waals surface area (Å²) in [6, 6.07) is -0.812. The van der Waals surface area contributed by atoms with Gasteiger partial charge < -0.3 is 49.1 Å². The van der Waals surface area contributed by atoms with Gasteiger partial charge in [0.25, 0.3) is 5.79 Å². The van der Waals surface area contributed by atoms with E-state index in [-0.39, 0.29) is 17.9 Å². The number of carbonyl (C=O) groups excluding carboxylic acids is 5. The molecule has 10 aliphatic rings. The highest BCUT2D eigenvalue weighted by Crippen LogP contribution is 2.81. The minimum absolute atomic E-state index is 0.250. The zero-order valence-corrected chi connectivity index (χ0v) is 32.3. The Labute approximate surface area is 318 Å². The van der Waals surface area contributed by atoms with E-state index in [2.05, 4.69) is 0 Å². The Morgan fingerprint density at radius 3 is 2.07 bits per heavy atom. The Morgan fingerprint density at radius 2 is 1.45 bits per heavy atom. The Kier molecular flexibility index (Phi) is 7.30. The normalized spacial score (nSPS) is 57.5. The van der Waals surface area contributed by atoms with E-state index in [9.17, 15) is 34.2 Å². The maximum Gasteiger partial charge on any atom is 0.353 e. The van der Waals surface area contributed by atoms with E-state index in [4.69, 9.17) is 38.9 Å². The molecule has 2 unspecified atom stereocenters. The van der Waals surface area contributed by atoms with E-state index in [0.717, 1.165) is 0 Å². The maximum atomic E-state index is 14.1. The van der Waals surface area contributed by atoms with Gasteiger partial charge in [0.05, 0.1) is 35.6 Å². The summed E-state index contributed by atoms with van der Waals surface area (Å²) in [5.41, 5.74) is 1.56.